The number of benzene rings is 2. The molecule has 0 spiro atoms. The smallest absolute Gasteiger partial charge is 0.320 e. The summed E-state index contributed by atoms with van der Waals surface area (Å²) in [6.07, 6.45) is -4.43. The van der Waals surface area contributed by atoms with Crippen LogP contribution in [0, 0.1) is 18.3 Å². The van der Waals surface area contributed by atoms with Crippen LogP contribution >= 0.6 is 0 Å². The van der Waals surface area contributed by atoms with E-state index in [1.54, 1.807) is 24.3 Å². The number of alkyl halides is 3. The van der Waals surface area contributed by atoms with Crippen LogP contribution in [0.2, 0.25) is 0 Å². The molecule has 0 bridgehead atoms. The van der Waals surface area contributed by atoms with Gasteiger partial charge in [0, 0.05) is 17.4 Å². The minimum absolute atomic E-state index is 0.147. The number of nitrogens with one attached hydrogen (secondary N) is 1. The summed E-state index contributed by atoms with van der Waals surface area (Å²) in [6.45, 7) is 1.43. The van der Waals surface area contributed by atoms with Crippen molar-refractivity contribution in [1.29, 1.82) is 5.26 Å². The molecule has 30 heavy (non-hydrogen) atoms. The van der Waals surface area contributed by atoms with Crippen molar-refractivity contribution in [3.8, 4) is 11.8 Å². The molecule has 1 aromatic heterocycles. The standard InChI is InChI=1S/C21H15F3N4O2/c1-13-12-18(29)19(20(30)26-15-8-6-14(7-9-15)10-11-25)27-28(13)17-5-3-2-4-16(17)21(22,23)24/h2-9,12H,10H2,1H3,(H,26,30). The quantitative estimate of drug-likeness (QED) is 0.705. The molecule has 6 nitrogen and oxygen atoms in total. The number of para-hydroxylation sites is 1. The average Bonchev–Trinajstić information content (AvgIpc) is 2.69. The summed E-state index contributed by atoms with van der Waals surface area (Å²) >= 11 is 0. The van der Waals surface area contributed by atoms with Crippen molar-refractivity contribution in [2.75, 3.05) is 5.32 Å². The first-order chi connectivity index (χ1) is 14.2. The van der Waals surface area contributed by atoms with Gasteiger partial charge in [-0.25, -0.2) is 4.68 Å². The zero-order valence-electron chi connectivity index (χ0n) is 15.7. The number of amides is 1. The molecule has 3 rings (SSSR count). The molecule has 0 aliphatic rings. The fourth-order valence-corrected chi connectivity index (χ4v) is 2.83. The number of aryl methyl sites for hydroxylation is 1. The summed E-state index contributed by atoms with van der Waals surface area (Å²) in [6, 6.07) is 14.2. The van der Waals surface area contributed by atoms with E-state index in [-0.39, 0.29) is 17.8 Å². The molecule has 9 heteroatoms. The molecule has 0 aliphatic heterocycles. The maximum absolute atomic E-state index is 13.4. The minimum atomic E-state index is -4.64. The molecule has 0 aliphatic carbocycles. The first-order valence-electron chi connectivity index (χ1n) is 8.75. The van der Waals surface area contributed by atoms with Crippen LogP contribution < -0.4 is 10.7 Å². The molecule has 1 amide bonds. The Morgan fingerprint density at radius 1 is 1.17 bits per heavy atom. The number of hydrogen-bond donors (Lipinski definition) is 1. The molecule has 1 N–H and O–H groups in total. The van der Waals surface area contributed by atoms with E-state index in [2.05, 4.69) is 10.4 Å². The van der Waals surface area contributed by atoms with E-state index in [0.717, 1.165) is 22.4 Å². The number of anilines is 1. The Hall–Kier alpha value is -3.93. The predicted octanol–water partition coefficient (Wildman–Crippen LogP) is 3.88. The molecule has 1 heterocycles. The number of carbonyl (C=O) groups excluding carboxylic acids is 1. The maximum Gasteiger partial charge on any atom is 0.418 e. The molecule has 0 atom stereocenters. The highest BCUT2D eigenvalue weighted by molar-refractivity contribution is 6.02. The summed E-state index contributed by atoms with van der Waals surface area (Å²) in [5, 5.41) is 15.1. The van der Waals surface area contributed by atoms with Gasteiger partial charge in [-0.3, -0.25) is 9.59 Å². The molecule has 3 aromatic rings. The summed E-state index contributed by atoms with van der Waals surface area (Å²) in [7, 11) is 0. The molecular weight excluding hydrogens is 397 g/mol. The molecule has 152 valence electrons. The van der Waals surface area contributed by atoms with Crippen LogP contribution in [0.4, 0.5) is 18.9 Å². The van der Waals surface area contributed by atoms with Gasteiger partial charge < -0.3 is 5.32 Å². The number of hydrogen-bond acceptors (Lipinski definition) is 4. The number of rotatable bonds is 4. The topological polar surface area (TPSA) is 87.8 Å². The summed E-state index contributed by atoms with van der Waals surface area (Å²) in [5.74, 6) is -0.855. The second kappa shape index (κ2) is 8.21. The third-order valence-corrected chi connectivity index (χ3v) is 4.26. The van der Waals surface area contributed by atoms with Crippen LogP contribution in [0.15, 0.2) is 59.4 Å². The van der Waals surface area contributed by atoms with Gasteiger partial charge in [0.2, 0.25) is 5.43 Å². The normalized spacial score (nSPS) is 11.0. The number of halogens is 3. The SMILES string of the molecule is Cc1cc(=O)c(C(=O)Nc2ccc(CC#N)cc2)nn1-c1ccccc1C(F)(F)F. The van der Waals surface area contributed by atoms with Crippen molar-refractivity contribution >= 4 is 11.6 Å². The lowest BCUT2D eigenvalue weighted by Gasteiger charge is -2.16. The van der Waals surface area contributed by atoms with Gasteiger partial charge >= 0.3 is 6.18 Å². The summed E-state index contributed by atoms with van der Waals surface area (Å²) < 4.78 is 41.1. The van der Waals surface area contributed by atoms with Gasteiger partial charge in [-0.05, 0) is 36.8 Å². The van der Waals surface area contributed by atoms with Crippen molar-refractivity contribution in [3.63, 3.8) is 0 Å². The third kappa shape index (κ3) is 4.38. The predicted molar refractivity (Wildman–Crippen MR) is 103 cm³/mol. The second-order valence-corrected chi connectivity index (χ2v) is 6.41. The molecular formula is C21H15F3N4O2. The lowest BCUT2D eigenvalue weighted by Crippen LogP contribution is -2.27. The fourth-order valence-electron chi connectivity index (χ4n) is 2.83. The van der Waals surface area contributed by atoms with Gasteiger partial charge in [0.15, 0.2) is 5.69 Å². The van der Waals surface area contributed by atoms with Crippen molar-refractivity contribution in [2.45, 2.75) is 19.5 Å². The van der Waals surface area contributed by atoms with E-state index < -0.39 is 28.8 Å². The molecule has 0 unspecified atom stereocenters. The Kier molecular flexibility index (Phi) is 5.69. The van der Waals surface area contributed by atoms with Gasteiger partial charge in [0.05, 0.1) is 23.7 Å². The largest absolute Gasteiger partial charge is 0.418 e. The Labute approximate surface area is 169 Å². The van der Waals surface area contributed by atoms with Crippen LogP contribution in [-0.4, -0.2) is 15.7 Å². The van der Waals surface area contributed by atoms with Crippen LogP contribution in [0.5, 0.6) is 0 Å². The van der Waals surface area contributed by atoms with Gasteiger partial charge in [-0.1, -0.05) is 24.3 Å². The van der Waals surface area contributed by atoms with E-state index in [9.17, 15) is 22.8 Å². The first-order valence-corrected chi connectivity index (χ1v) is 8.75. The molecule has 0 fully saturated rings. The van der Waals surface area contributed by atoms with E-state index in [1.165, 1.54) is 25.1 Å². The monoisotopic (exact) mass is 412 g/mol. The van der Waals surface area contributed by atoms with Crippen LogP contribution in [0.1, 0.15) is 27.3 Å². The third-order valence-electron chi connectivity index (χ3n) is 4.26. The zero-order valence-corrected chi connectivity index (χ0v) is 15.7. The minimum Gasteiger partial charge on any atom is -0.320 e. The van der Waals surface area contributed by atoms with Gasteiger partial charge in [0.1, 0.15) is 0 Å². The highest BCUT2D eigenvalue weighted by Gasteiger charge is 2.34. The second-order valence-electron chi connectivity index (χ2n) is 6.41. The van der Waals surface area contributed by atoms with Crippen LogP contribution in [0.3, 0.4) is 0 Å². The Bertz CT molecular complexity index is 1190. The van der Waals surface area contributed by atoms with Crippen molar-refractivity contribution < 1.29 is 18.0 Å². The molecule has 2 aromatic carbocycles. The Morgan fingerprint density at radius 2 is 1.83 bits per heavy atom. The Balaban J connectivity index is 1.99. The van der Waals surface area contributed by atoms with Crippen molar-refractivity contribution in [1.82, 2.24) is 9.78 Å². The van der Waals surface area contributed by atoms with Crippen LogP contribution in [-0.2, 0) is 12.6 Å². The van der Waals surface area contributed by atoms with E-state index >= 15 is 0 Å². The van der Waals surface area contributed by atoms with Crippen LogP contribution in [0.25, 0.3) is 5.69 Å². The number of nitriles is 1. The highest BCUT2D eigenvalue weighted by atomic mass is 19.4. The highest BCUT2D eigenvalue weighted by Crippen LogP contribution is 2.33. The first kappa shape index (κ1) is 20.8. The summed E-state index contributed by atoms with van der Waals surface area (Å²) in [4.78, 5) is 24.8. The number of carbonyl (C=O) groups is 1. The van der Waals surface area contributed by atoms with E-state index in [4.69, 9.17) is 5.26 Å². The van der Waals surface area contributed by atoms with E-state index in [0.29, 0.717) is 5.69 Å². The zero-order chi connectivity index (χ0) is 21.9. The summed E-state index contributed by atoms with van der Waals surface area (Å²) in [5.41, 5.74) is -1.25. The van der Waals surface area contributed by atoms with Gasteiger partial charge in [-0.2, -0.15) is 23.5 Å². The number of aromatic nitrogens is 2. The van der Waals surface area contributed by atoms with Crippen molar-refractivity contribution in [3.05, 3.63) is 87.3 Å². The Morgan fingerprint density at radius 3 is 2.47 bits per heavy atom. The molecule has 0 radical (unpaired) electrons. The fraction of sp³-hybridized carbons (Fsp3) is 0.143. The van der Waals surface area contributed by atoms with Crippen molar-refractivity contribution in [2.24, 2.45) is 0 Å². The van der Waals surface area contributed by atoms with Gasteiger partial charge in [0.25, 0.3) is 5.91 Å². The lowest BCUT2D eigenvalue weighted by atomic mass is 10.1. The van der Waals surface area contributed by atoms with Gasteiger partial charge in [-0.15, -0.1) is 0 Å². The van der Waals surface area contributed by atoms with E-state index in [1.807, 2.05) is 6.07 Å². The maximum atomic E-state index is 13.4. The molecule has 0 saturated heterocycles. The number of nitrogens with zero attached hydrogens (tertiary/aromatic N) is 3. The lowest BCUT2D eigenvalue weighted by molar-refractivity contribution is -0.137. The molecule has 0 saturated carbocycles. The average molecular weight is 412 g/mol.